The molecule has 116 valence electrons. The molecular formula is C18H22N2O2. The Kier molecular flexibility index (Phi) is 5.15. The summed E-state index contributed by atoms with van der Waals surface area (Å²) in [7, 11) is 1.68. The molecule has 4 nitrogen and oxygen atoms in total. The van der Waals surface area contributed by atoms with Crippen molar-refractivity contribution in [2.45, 2.75) is 32.6 Å². The van der Waals surface area contributed by atoms with Crippen molar-refractivity contribution in [3.63, 3.8) is 0 Å². The first-order valence-corrected chi connectivity index (χ1v) is 7.54. The molecule has 4 heteroatoms. The summed E-state index contributed by atoms with van der Waals surface area (Å²) < 4.78 is 1.47. The van der Waals surface area contributed by atoms with Gasteiger partial charge in [0.25, 0.3) is 5.56 Å². The van der Waals surface area contributed by atoms with E-state index in [0.717, 1.165) is 17.5 Å². The van der Waals surface area contributed by atoms with Crippen LogP contribution in [0, 0.1) is 6.92 Å². The third kappa shape index (κ3) is 3.64. The second kappa shape index (κ2) is 7.07. The highest BCUT2D eigenvalue weighted by Crippen LogP contribution is 2.23. The van der Waals surface area contributed by atoms with Gasteiger partial charge in [0.2, 0.25) is 5.91 Å². The van der Waals surface area contributed by atoms with E-state index in [-0.39, 0.29) is 17.4 Å². The molecule has 0 aliphatic carbocycles. The fraction of sp³-hybridized carbons (Fsp3) is 0.333. The highest BCUT2D eigenvalue weighted by Gasteiger charge is 2.16. The summed E-state index contributed by atoms with van der Waals surface area (Å²) in [6.45, 7) is 3.89. The number of benzene rings is 1. The molecule has 1 N–H and O–H groups in total. The first-order chi connectivity index (χ1) is 10.5. The monoisotopic (exact) mass is 298 g/mol. The normalized spacial score (nSPS) is 12.0. The second-order valence-electron chi connectivity index (χ2n) is 5.56. The van der Waals surface area contributed by atoms with Crippen LogP contribution in [-0.2, 0) is 11.8 Å². The van der Waals surface area contributed by atoms with Crippen LogP contribution in [-0.4, -0.2) is 10.5 Å². The molecule has 1 heterocycles. The smallest absolute Gasteiger partial charge is 0.274 e. The van der Waals surface area contributed by atoms with E-state index in [1.54, 1.807) is 13.2 Å². The number of rotatable bonds is 5. The lowest BCUT2D eigenvalue weighted by Crippen LogP contribution is -2.25. The van der Waals surface area contributed by atoms with E-state index in [4.69, 9.17) is 0 Å². The van der Waals surface area contributed by atoms with Gasteiger partial charge in [-0.05, 0) is 36.5 Å². The molecule has 1 atom stereocenters. The minimum absolute atomic E-state index is 0.123. The number of anilines is 1. The zero-order valence-electron chi connectivity index (χ0n) is 13.3. The average molecular weight is 298 g/mol. The van der Waals surface area contributed by atoms with Crippen molar-refractivity contribution >= 4 is 11.6 Å². The summed E-state index contributed by atoms with van der Waals surface area (Å²) in [5.74, 6) is 0.0381. The van der Waals surface area contributed by atoms with E-state index in [1.807, 2.05) is 43.3 Å². The van der Waals surface area contributed by atoms with Crippen molar-refractivity contribution in [2.24, 2.45) is 7.05 Å². The number of carbonyl (C=O) groups excluding carboxylic acids is 1. The maximum atomic E-state index is 12.3. The van der Waals surface area contributed by atoms with Gasteiger partial charge >= 0.3 is 0 Å². The quantitative estimate of drug-likeness (QED) is 0.921. The molecule has 1 amide bonds. The number of amides is 1. The van der Waals surface area contributed by atoms with Gasteiger partial charge in [0, 0.05) is 19.7 Å². The van der Waals surface area contributed by atoms with Crippen LogP contribution in [0.5, 0.6) is 0 Å². The van der Waals surface area contributed by atoms with Gasteiger partial charge in [0.1, 0.15) is 5.69 Å². The molecule has 1 unspecified atom stereocenters. The van der Waals surface area contributed by atoms with E-state index in [2.05, 4.69) is 12.2 Å². The summed E-state index contributed by atoms with van der Waals surface area (Å²) in [4.78, 5) is 24.4. The molecule has 1 aromatic carbocycles. The van der Waals surface area contributed by atoms with Gasteiger partial charge in [-0.3, -0.25) is 9.59 Å². The summed E-state index contributed by atoms with van der Waals surface area (Å²) in [5, 5.41) is 2.78. The predicted molar refractivity (Wildman–Crippen MR) is 89.1 cm³/mol. The van der Waals surface area contributed by atoms with Gasteiger partial charge in [0.05, 0.1) is 0 Å². The van der Waals surface area contributed by atoms with Crippen molar-refractivity contribution in [3.05, 3.63) is 64.1 Å². The van der Waals surface area contributed by atoms with Crippen LogP contribution in [0.3, 0.4) is 0 Å². The number of aryl methyl sites for hydroxylation is 2. The van der Waals surface area contributed by atoms with Crippen LogP contribution >= 0.6 is 0 Å². The first kappa shape index (κ1) is 16.0. The van der Waals surface area contributed by atoms with Crippen molar-refractivity contribution in [3.8, 4) is 0 Å². The fourth-order valence-corrected chi connectivity index (χ4v) is 2.51. The topological polar surface area (TPSA) is 51.1 Å². The Morgan fingerprint density at radius 1 is 1.23 bits per heavy atom. The Hall–Kier alpha value is -2.36. The van der Waals surface area contributed by atoms with E-state index in [0.29, 0.717) is 12.1 Å². The van der Waals surface area contributed by atoms with Crippen LogP contribution in [0.2, 0.25) is 0 Å². The van der Waals surface area contributed by atoms with E-state index >= 15 is 0 Å². The summed E-state index contributed by atoms with van der Waals surface area (Å²) in [6.07, 6.45) is 2.95. The predicted octanol–water partition coefficient (Wildman–Crippen LogP) is 3.22. The largest absolute Gasteiger partial charge is 0.321 e. The number of carbonyl (C=O) groups is 1. The summed E-state index contributed by atoms with van der Waals surface area (Å²) in [6, 6.07) is 11.8. The number of aromatic nitrogens is 1. The van der Waals surface area contributed by atoms with Crippen molar-refractivity contribution < 1.29 is 4.79 Å². The molecule has 0 aliphatic heterocycles. The number of hydrogen-bond donors (Lipinski definition) is 1. The van der Waals surface area contributed by atoms with E-state index in [9.17, 15) is 9.59 Å². The van der Waals surface area contributed by atoms with E-state index < -0.39 is 0 Å². The third-order valence-corrected chi connectivity index (χ3v) is 3.94. The highest BCUT2D eigenvalue weighted by molar-refractivity contribution is 5.91. The van der Waals surface area contributed by atoms with E-state index in [1.165, 1.54) is 4.57 Å². The second-order valence-corrected chi connectivity index (χ2v) is 5.56. The van der Waals surface area contributed by atoms with Crippen LogP contribution in [0.1, 0.15) is 36.8 Å². The Balaban J connectivity index is 2.13. The van der Waals surface area contributed by atoms with Gasteiger partial charge < -0.3 is 9.88 Å². The molecule has 2 rings (SSSR count). The maximum Gasteiger partial charge on any atom is 0.274 e. The molecule has 22 heavy (non-hydrogen) atoms. The van der Waals surface area contributed by atoms with Crippen molar-refractivity contribution in [1.82, 2.24) is 4.57 Å². The minimum atomic E-state index is -0.180. The third-order valence-electron chi connectivity index (χ3n) is 3.94. The Labute approximate surface area is 130 Å². The minimum Gasteiger partial charge on any atom is -0.321 e. The lowest BCUT2D eigenvalue weighted by atomic mass is 9.93. The van der Waals surface area contributed by atoms with Gasteiger partial charge in [-0.1, -0.05) is 37.3 Å². The van der Waals surface area contributed by atoms with Crippen LogP contribution in [0.4, 0.5) is 5.69 Å². The van der Waals surface area contributed by atoms with Crippen molar-refractivity contribution in [2.75, 3.05) is 5.32 Å². The van der Waals surface area contributed by atoms with Crippen molar-refractivity contribution in [1.29, 1.82) is 0 Å². The van der Waals surface area contributed by atoms with Gasteiger partial charge in [0.15, 0.2) is 0 Å². The van der Waals surface area contributed by atoms with Gasteiger partial charge in [-0.25, -0.2) is 0 Å². The van der Waals surface area contributed by atoms with Gasteiger partial charge in [-0.2, -0.15) is 0 Å². The lowest BCUT2D eigenvalue weighted by molar-refractivity contribution is -0.116. The highest BCUT2D eigenvalue weighted by atomic mass is 16.2. The molecule has 0 aliphatic rings. The summed E-state index contributed by atoms with van der Waals surface area (Å²) >= 11 is 0. The first-order valence-electron chi connectivity index (χ1n) is 7.54. The average Bonchev–Trinajstić information content (AvgIpc) is 2.54. The molecule has 2 aromatic rings. The SMILES string of the molecule is CCC(CC(=O)Nc1c(C)ccn(C)c1=O)c1ccccc1. The Morgan fingerprint density at radius 3 is 2.55 bits per heavy atom. The Morgan fingerprint density at radius 2 is 1.91 bits per heavy atom. The fourth-order valence-electron chi connectivity index (χ4n) is 2.51. The molecule has 0 saturated carbocycles. The molecular weight excluding hydrogens is 276 g/mol. The standard InChI is InChI=1S/C18H22N2O2/c1-4-14(15-8-6-5-7-9-15)12-16(21)19-17-13(2)10-11-20(3)18(17)22/h5-11,14H,4,12H2,1-3H3,(H,19,21). The molecule has 0 radical (unpaired) electrons. The summed E-state index contributed by atoms with van der Waals surface area (Å²) in [5.41, 5.74) is 2.13. The van der Waals surface area contributed by atoms with Crippen LogP contribution in [0.15, 0.2) is 47.4 Å². The molecule has 0 fully saturated rings. The molecule has 0 bridgehead atoms. The number of nitrogens with zero attached hydrogens (tertiary/aromatic N) is 1. The Bertz CT molecular complexity index is 705. The maximum absolute atomic E-state index is 12.3. The number of hydrogen-bond acceptors (Lipinski definition) is 2. The zero-order valence-corrected chi connectivity index (χ0v) is 13.3. The van der Waals surface area contributed by atoms with Gasteiger partial charge in [-0.15, -0.1) is 0 Å². The zero-order chi connectivity index (χ0) is 16.1. The molecule has 1 aromatic heterocycles. The molecule has 0 saturated heterocycles. The lowest BCUT2D eigenvalue weighted by Gasteiger charge is -2.16. The molecule has 0 spiro atoms. The van der Waals surface area contributed by atoms with Crippen LogP contribution in [0.25, 0.3) is 0 Å². The number of nitrogens with one attached hydrogen (secondary N) is 1. The van der Waals surface area contributed by atoms with Crippen LogP contribution < -0.4 is 10.9 Å². The number of pyridine rings is 1.